The van der Waals surface area contributed by atoms with Crippen LogP contribution in [-0.4, -0.2) is 47.2 Å². The zero-order valence-electron chi connectivity index (χ0n) is 13.8. The first-order valence-corrected chi connectivity index (χ1v) is 7.99. The molecule has 0 radical (unpaired) electrons. The van der Waals surface area contributed by atoms with Gasteiger partial charge in [-0.1, -0.05) is 36.6 Å². The number of aromatic nitrogens is 2. The average Bonchev–Trinajstić information content (AvgIpc) is 3.05. The van der Waals surface area contributed by atoms with E-state index in [-0.39, 0.29) is 11.8 Å². The molecule has 0 spiro atoms. The predicted molar refractivity (Wildman–Crippen MR) is 87.7 cm³/mol. The average molecular weight is 314 g/mol. The number of carbonyl (C=O) groups excluding carboxylic acids is 1. The van der Waals surface area contributed by atoms with Crippen LogP contribution in [0.3, 0.4) is 0 Å². The Morgan fingerprint density at radius 1 is 1.09 bits per heavy atom. The molecule has 1 amide bonds. The molecule has 0 bridgehead atoms. The number of amides is 1. The van der Waals surface area contributed by atoms with Crippen molar-refractivity contribution in [2.24, 2.45) is 0 Å². The summed E-state index contributed by atoms with van der Waals surface area (Å²) in [6, 6.07) is 8.26. The standard InChI is InChI=1S/C17H22N4O2/c1-12(2)15-18-19-17(23-15)21-10-8-20(9-11-21)16(22)14-6-4-13(3)5-7-14/h4-7,12H,8-11H2,1-3H3. The molecule has 2 heterocycles. The van der Waals surface area contributed by atoms with Gasteiger partial charge in [-0.25, -0.2) is 0 Å². The van der Waals surface area contributed by atoms with E-state index in [2.05, 4.69) is 10.2 Å². The van der Waals surface area contributed by atoms with Crippen molar-refractivity contribution in [3.05, 3.63) is 41.3 Å². The number of hydrogen-bond acceptors (Lipinski definition) is 5. The van der Waals surface area contributed by atoms with Crippen LogP contribution in [0.5, 0.6) is 0 Å². The fourth-order valence-corrected chi connectivity index (χ4v) is 2.57. The molecule has 0 unspecified atom stereocenters. The maximum absolute atomic E-state index is 12.5. The normalized spacial score (nSPS) is 15.3. The van der Waals surface area contributed by atoms with Gasteiger partial charge in [0.15, 0.2) is 0 Å². The Hall–Kier alpha value is -2.37. The van der Waals surface area contributed by atoms with Crippen molar-refractivity contribution in [3.8, 4) is 0 Å². The van der Waals surface area contributed by atoms with Gasteiger partial charge in [0.1, 0.15) is 0 Å². The van der Waals surface area contributed by atoms with Crippen LogP contribution in [0.25, 0.3) is 0 Å². The van der Waals surface area contributed by atoms with Gasteiger partial charge in [0, 0.05) is 37.7 Å². The third-order valence-corrected chi connectivity index (χ3v) is 4.06. The monoisotopic (exact) mass is 314 g/mol. The largest absolute Gasteiger partial charge is 0.408 e. The minimum atomic E-state index is 0.0815. The topological polar surface area (TPSA) is 62.5 Å². The van der Waals surface area contributed by atoms with Crippen LogP contribution in [0.1, 0.15) is 41.6 Å². The number of anilines is 1. The van der Waals surface area contributed by atoms with E-state index in [1.54, 1.807) is 0 Å². The highest BCUT2D eigenvalue weighted by Gasteiger charge is 2.25. The zero-order valence-corrected chi connectivity index (χ0v) is 13.8. The van der Waals surface area contributed by atoms with Crippen LogP contribution in [0.2, 0.25) is 0 Å². The second kappa shape index (κ2) is 6.40. The van der Waals surface area contributed by atoms with Crippen LogP contribution in [-0.2, 0) is 0 Å². The number of carbonyl (C=O) groups is 1. The fraction of sp³-hybridized carbons (Fsp3) is 0.471. The molecule has 1 aromatic heterocycles. The summed E-state index contributed by atoms with van der Waals surface area (Å²) >= 11 is 0. The summed E-state index contributed by atoms with van der Waals surface area (Å²) in [6.45, 7) is 8.79. The van der Waals surface area contributed by atoms with E-state index in [1.807, 2.05) is 54.8 Å². The quantitative estimate of drug-likeness (QED) is 0.871. The summed E-state index contributed by atoms with van der Waals surface area (Å²) in [7, 11) is 0. The molecule has 1 aromatic carbocycles. The number of hydrogen-bond donors (Lipinski definition) is 0. The lowest BCUT2D eigenvalue weighted by atomic mass is 10.1. The number of benzene rings is 1. The molecule has 0 N–H and O–H groups in total. The van der Waals surface area contributed by atoms with Crippen molar-refractivity contribution >= 4 is 11.9 Å². The van der Waals surface area contributed by atoms with E-state index in [0.717, 1.165) is 11.1 Å². The Morgan fingerprint density at radius 2 is 1.74 bits per heavy atom. The van der Waals surface area contributed by atoms with Crippen LogP contribution in [0, 0.1) is 6.92 Å². The number of piperazine rings is 1. The van der Waals surface area contributed by atoms with Crippen molar-refractivity contribution in [2.45, 2.75) is 26.7 Å². The maximum Gasteiger partial charge on any atom is 0.318 e. The molecule has 1 aliphatic heterocycles. The molecule has 2 aromatic rings. The Morgan fingerprint density at radius 3 is 2.30 bits per heavy atom. The molecule has 1 saturated heterocycles. The molecule has 1 aliphatic rings. The second-order valence-electron chi connectivity index (χ2n) is 6.22. The molecule has 0 saturated carbocycles. The van der Waals surface area contributed by atoms with Gasteiger partial charge in [-0.2, -0.15) is 0 Å². The van der Waals surface area contributed by atoms with Gasteiger partial charge in [0.2, 0.25) is 5.89 Å². The van der Waals surface area contributed by atoms with Crippen molar-refractivity contribution in [1.29, 1.82) is 0 Å². The van der Waals surface area contributed by atoms with E-state index in [0.29, 0.717) is 38.1 Å². The van der Waals surface area contributed by atoms with Crippen molar-refractivity contribution in [2.75, 3.05) is 31.1 Å². The lowest BCUT2D eigenvalue weighted by molar-refractivity contribution is 0.0745. The minimum absolute atomic E-state index is 0.0815. The second-order valence-corrected chi connectivity index (χ2v) is 6.22. The van der Waals surface area contributed by atoms with E-state index < -0.39 is 0 Å². The highest BCUT2D eigenvalue weighted by Crippen LogP contribution is 2.20. The highest BCUT2D eigenvalue weighted by atomic mass is 16.4. The van der Waals surface area contributed by atoms with Crippen molar-refractivity contribution < 1.29 is 9.21 Å². The molecule has 0 aliphatic carbocycles. The van der Waals surface area contributed by atoms with Gasteiger partial charge in [-0.3, -0.25) is 4.79 Å². The van der Waals surface area contributed by atoms with Gasteiger partial charge in [-0.15, -0.1) is 5.10 Å². The molecule has 122 valence electrons. The van der Waals surface area contributed by atoms with Crippen LogP contribution >= 0.6 is 0 Å². The van der Waals surface area contributed by atoms with Crippen molar-refractivity contribution in [1.82, 2.24) is 15.1 Å². The van der Waals surface area contributed by atoms with Crippen LogP contribution in [0.4, 0.5) is 6.01 Å². The Labute approximate surface area is 136 Å². The summed E-state index contributed by atoms with van der Waals surface area (Å²) in [6.07, 6.45) is 0. The zero-order chi connectivity index (χ0) is 16.4. The van der Waals surface area contributed by atoms with E-state index in [1.165, 1.54) is 0 Å². The summed E-state index contributed by atoms with van der Waals surface area (Å²) in [5.41, 5.74) is 1.90. The molecular weight excluding hydrogens is 292 g/mol. The summed E-state index contributed by atoms with van der Waals surface area (Å²) in [4.78, 5) is 16.4. The van der Waals surface area contributed by atoms with E-state index in [9.17, 15) is 4.79 Å². The SMILES string of the molecule is Cc1ccc(C(=O)N2CCN(c3nnc(C(C)C)o3)CC2)cc1. The van der Waals surface area contributed by atoms with Gasteiger partial charge >= 0.3 is 6.01 Å². The van der Waals surface area contributed by atoms with E-state index in [4.69, 9.17) is 4.42 Å². The summed E-state index contributed by atoms with van der Waals surface area (Å²) in [5.74, 6) is 0.955. The Balaban J connectivity index is 1.61. The molecule has 1 fully saturated rings. The van der Waals surface area contributed by atoms with Crippen LogP contribution in [0.15, 0.2) is 28.7 Å². The smallest absolute Gasteiger partial charge is 0.318 e. The molecular formula is C17H22N4O2. The molecule has 6 heteroatoms. The first kappa shape index (κ1) is 15.5. The third kappa shape index (κ3) is 3.36. The lowest BCUT2D eigenvalue weighted by Crippen LogP contribution is -2.48. The van der Waals surface area contributed by atoms with Crippen molar-refractivity contribution in [3.63, 3.8) is 0 Å². The van der Waals surface area contributed by atoms with Crippen LogP contribution < -0.4 is 4.90 Å². The first-order valence-electron chi connectivity index (χ1n) is 7.99. The fourth-order valence-electron chi connectivity index (χ4n) is 2.57. The molecule has 23 heavy (non-hydrogen) atoms. The van der Waals surface area contributed by atoms with Gasteiger partial charge in [-0.05, 0) is 19.1 Å². The Bertz CT molecular complexity index is 670. The summed E-state index contributed by atoms with van der Waals surface area (Å²) < 4.78 is 5.68. The summed E-state index contributed by atoms with van der Waals surface area (Å²) in [5, 5.41) is 8.17. The maximum atomic E-state index is 12.5. The van der Waals surface area contributed by atoms with E-state index >= 15 is 0 Å². The molecule has 6 nitrogen and oxygen atoms in total. The minimum Gasteiger partial charge on any atom is -0.408 e. The highest BCUT2D eigenvalue weighted by molar-refractivity contribution is 5.94. The van der Waals surface area contributed by atoms with Gasteiger partial charge in [0.25, 0.3) is 5.91 Å². The first-order chi connectivity index (χ1) is 11.0. The predicted octanol–water partition coefficient (Wildman–Crippen LogP) is 2.46. The molecule has 0 atom stereocenters. The van der Waals surface area contributed by atoms with Gasteiger partial charge < -0.3 is 14.2 Å². The Kier molecular flexibility index (Phi) is 4.32. The lowest BCUT2D eigenvalue weighted by Gasteiger charge is -2.33. The molecule has 3 rings (SSSR count). The number of rotatable bonds is 3. The third-order valence-electron chi connectivity index (χ3n) is 4.06. The number of nitrogens with zero attached hydrogens (tertiary/aromatic N) is 4. The number of aryl methyl sites for hydroxylation is 1. The van der Waals surface area contributed by atoms with Gasteiger partial charge in [0.05, 0.1) is 0 Å².